The van der Waals surface area contributed by atoms with E-state index in [9.17, 15) is 4.79 Å². The number of aromatic amines is 1. The number of nitrogens with two attached hydrogens (primary N) is 1. The molecule has 4 rings (SSSR count). The number of aromatic nitrogens is 2. The lowest BCUT2D eigenvalue weighted by atomic mass is 10.1. The van der Waals surface area contributed by atoms with E-state index in [2.05, 4.69) is 27.4 Å². The van der Waals surface area contributed by atoms with Gasteiger partial charge in [-0.3, -0.25) is 4.79 Å². The molecular formula is C21H20N4OS. The first-order valence-corrected chi connectivity index (χ1v) is 9.69. The van der Waals surface area contributed by atoms with E-state index in [-0.39, 0.29) is 11.9 Å². The third kappa shape index (κ3) is 3.63. The Kier molecular flexibility index (Phi) is 5.00. The quantitative estimate of drug-likeness (QED) is 0.633. The first kappa shape index (κ1) is 17.5. The Bertz CT molecular complexity index is 1060. The Balaban J connectivity index is 1.56. The predicted molar refractivity (Wildman–Crippen MR) is 111 cm³/mol. The summed E-state index contributed by atoms with van der Waals surface area (Å²) in [6, 6.07) is 5.68. The van der Waals surface area contributed by atoms with Crippen LogP contribution in [0.4, 0.5) is 0 Å². The molecule has 0 saturated heterocycles. The van der Waals surface area contributed by atoms with E-state index in [0.29, 0.717) is 12.1 Å². The van der Waals surface area contributed by atoms with E-state index in [1.807, 2.05) is 48.0 Å². The fraction of sp³-hybridized carbons (Fsp3) is 0.143. The lowest BCUT2D eigenvalue weighted by Crippen LogP contribution is -2.41. The maximum absolute atomic E-state index is 12.8. The lowest BCUT2D eigenvalue weighted by molar-refractivity contribution is 0.0944. The van der Waals surface area contributed by atoms with Gasteiger partial charge in [-0.25, -0.2) is 4.98 Å². The van der Waals surface area contributed by atoms with Gasteiger partial charge in [-0.15, -0.1) is 11.3 Å². The van der Waals surface area contributed by atoms with E-state index in [4.69, 9.17) is 5.73 Å². The van der Waals surface area contributed by atoms with Crippen molar-refractivity contribution in [1.29, 1.82) is 0 Å². The number of hydrogen-bond acceptors (Lipinski definition) is 4. The average Bonchev–Trinajstić information content (AvgIpc) is 3.29. The van der Waals surface area contributed by atoms with Crippen LogP contribution in [0.2, 0.25) is 0 Å². The van der Waals surface area contributed by atoms with Gasteiger partial charge < -0.3 is 16.0 Å². The molecule has 6 heteroatoms. The van der Waals surface area contributed by atoms with Crippen molar-refractivity contribution >= 4 is 28.3 Å². The molecule has 1 unspecified atom stereocenters. The van der Waals surface area contributed by atoms with Crippen molar-refractivity contribution < 1.29 is 4.79 Å². The molecule has 3 aromatic rings. The summed E-state index contributed by atoms with van der Waals surface area (Å²) in [6.07, 6.45) is 14.7. The second-order valence-electron chi connectivity index (χ2n) is 6.29. The zero-order valence-corrected chi connectivity index (χ0v) is 15.5. The number of thiophene rings is 1. The largest absolute Gasteiger partial charge is 0.346 e. The molecule has 4 N–H and O–H groups in total. The summed E-state index contributed by atoms with van der Waals surface area (Å²) < 4.78 is 0. The van der Waals surface area contributed by atoms with Gasteiger partial charge in [-0.1, -0.05) is 30.4 Å². The van der Waals surface area contributed by atoms with E-state index in [1.165, 1.54) is 0 Å². The highest BCUT2D eigenvalue weighted by molar-refractivity contribution is 7.14. The molecule has 0 spiro atoms. The molecule has 1 aliphatic rings. The van der Waals surface area contributed by atoms with Gasteiger partial charge in [0.2, 0.25) is 0 Å². The fourth-order valence-electron chi connectivity index (χ4n) is 3.12. The van der Waals surface area contributed by atoms with Crippen LogP contribution in [0.5, 0.6) is 0 Å². The predicted octanol–water partition coefficient (Wildman–Crippen LogP) is 3.79. The molecule has 0 radical (unpaired) electrons. The van der Waals surface area contributed by atoms with Gasteiger partial charge in [0, 0.05) is 40.1 Å². The monoisotopic (exact) mass is 376 g/mol. The van der Waals surface area contributed by atoms with Crippen molar-refractivity contribution in [2.24, 2.45) is 5.73 Å². The molecule has 3 heterocycles. The topological polar surface area (TPSA) is 83.8 Å². The number of hydrogen-bond donors (Lipinski definition) is 3. The molecule has 3 aromatic heterocycles. The van der Waals surface area contributed by atoms with E-state index < -0.39 is 0 Å². The average molecular weight is 376 g/mol. The number of amides is 1. The number of H-pyrrole nitrogens is 1. The molecule has 0 saturated carbocycles. The summed E-state index contributed by atoms with van der Waals surface area (Å²) in [5.74, 6) is -0.116. The minimum Gasteiger partial charge on any atom is -0.346 e. The Morgan fingerprint density at radius 1 is 1.37 bits per heavy atom. The summed E-state index contributed by atoms with van der Waals surface area (Å²) in [4.78, 5) is 21.2. The zero-order chi connectivity index (χ0) is 18.6. The van der Waals surface area contributed by atoms with Crippen LogP contribution in [0.3, 0.4) is 0 Å². The van der Waals surface area contributed by atoms with Crippen LogP contribution in [-0.4, -0.2) is 28.5 Å². The number of carbonyl (C=O) groups excluding carboxylic acids is 1. The Morgan fingerprint density at radius 3 is 3.19 bits per heavy atom. The summed E-state index contributed by atoms with van der Waals surface area (Å²) in [5.41, 5.74) is 9.47. The van der Waals surface area contributed by atoms with Gasteiger partial charge >= 0.3 is 0 Å². The Hall–Kier alpha value is -2.96. The van der Waals surface area contributed by atoms with Gasteiger partial charge in [-0.05, 0) is 30.2 Å². The number of nitrogens with zero attached hydrogens (tertiary/aromatic N) is 1. The molecule has 5 nitrogen and oxygen atoms in total. The smallest absolute Gasteiger partial charge is 0.252 e. The van der Waals surface area contributed by atoms with Crippen LogP contribution >= 0.6 is 11.3 Å². The van der Waals surface area contributed by atoms with Crippen LogP contribution in [-0.2, 0) is 0 Å². The number of rotatable bonds is 5. The highest BCUT2D eigenvalue weighted by Crippen LogP contribution is 2.32. The number of fused-ring (bicyclic) bond motifs is 1. The highest BCUT2D eigenvalue weighted by Gasteiger charge is 2.17. The maximum atomic E-state index is 12.8. The molecule has 0 aliphatic heterocycles. The first-order chi connectivity index (χ1) is 13.3. The van der Waals surface area contributed by atoms with Crippen molar-refractivity contribution in [3.05, 3.63) is 77.5 Å². The van der Waals surface area contributed by atoms with Crippen LogP contribution in [0.15, 0.2) is 71.9 Å². The van der Waals surface area contributed by atoms with Crippen LogP contribution in [0.1, 0.15) is 16.8 Å². The van der Waals surface area contributed by atoms with Crippen LogP contribution < -0.4 is 11.1 Å². The Morgan fingerprint density at radius 2 is 2.30 bits per heavy atom. The highest BCUT2D eigenvalue weighted by atomic mass is 32.1. The summed E-state index contributed by atoms with van der Waals surface area (Å²) in [6.45, 7) is 0.348. The Labute approximate surface area is 161 Å². The normalized spacial score (nSPS) is 14.8. The molecule has 136 valence electrons. The van der Waals surface area contributed by atoms with Crippen LogP contribution in [0.25, 0.3) is 21.5 Å². The standard InChI is InChI=1S/C21H20N4OS/c22-12-18(14-5-3-1-2-4-6-14)25-21(26)15-11-19(27-13-15)16-7-9-23-20-17(16)8-10-24-20/h1,3-11,13,18H,2,12,22H2,(H,23,24)(H,25,26). The number of allylic oxidation sites excluding steroid dienone is 4. The van der Waals surface area contributed by atoms with Crippen molar-refractivity contribution in [2.45, 2.75) is 12.5 Å². The molecule has 1 atom stereocenters. The molecule has 27 heavy (non-hydrogen) atoms. The zero-order valence-electron chi connectivity index (χ0n) is 14.7. The molecule has 0 bridgehead atoms. The summed E-state index contributed by atoms with van der Waals surface area (Å²) in [5, 5.41) is 5.98. The number of nitrogens with one attached hydrogen (secondary N) is 2. The van der Waals surface area contributed by atoms with Gasteiger partial charge in [-0.2, -0.15) is 0 Å². The minimum atomic E-state index is -0.211. The second kappa shape index (κ2) is 7.73. The van der Waals surface area contributed by atoms with E-state index in [0.717, 1.165) is 33.5 Å². The van der Waals surface area contributed by atoms with Gasteiger partial charge in [0.25, 0.3) is 5.91 Å². The fourth-order valence-corrected chi connectivity index (χ4v) is 4.05. The maximum Gasteiger partial charge on any atom is 0.252 e. The summed E-state index contributed by atoms with van der Waals surface area (Å²) in [7, 11) is 0. The van der Waals surface area contributed by atoms with Gasteiger partial charge in [0.05, 0.1) is 11.6 Å². The van der Waals surface area contributed by atoms with Crippen molar-refractivity contribution in [1.82, 2.24) is 15.3 Å². The number of carbonyl (C=O) groups is 1. The first-order valence-electron chi connectivity index (χ1n) is 8.81. The molecule has 1 aliphatic carbocycles. The molecule has 0 fully saturated rings. The van der Waals surface area contributed by atoms with Crippen molar-refractivity contribution in [3.63, 3.8) is 0 Å². The summed E-state index contributed by atoms with van der Waals surface area (Å²) >= 11 is 1.55. The van der Waals surface area contributed by atoms with Crippen molar-refractivity contribution in [2.75, 3.05) is 6.54 Å². The SMILES string of the molecule is NCC(NC(=O)c1csc(-c2ccnc3[nH]ccc23)c1)C1=CC=CCC=C1. The van der Waals surface area contributed by atoms with Gasteiger partial charge in [0.15, 0.2) is 0 Å². The molecular weight excluding hydrogens is 356 g/mol. The third-order valence-corrected chi connectivity index (χ3v) is 5.50. The lowest BCUT2D eigenvalue weighted by Gasteiger charge is -2.17. The van der Waals surface area contributed by atoms with Crippen LogP contribution in [0, 0.1) is 0 Å². The van der Waals surface area contributed by atoms with Crippen molar-refractivity contribution in [3.8, 4) is 10.4 Å². The van der Waals surface area contributed by atoms with E-state index >= 15 is 0 Å². The van der Waals surface area contributed by atoms with E-state index in [1.54, 1.807) is 17.5 Å². The molecule has 1 amide bonds. The minimum absolute atomic E-state index is 0.116. The second-order valence-corrected chi connectivity index (χ2v) is 7.20. The van der Waals surface area contributed by atoms with Gasteiger partial charge in [0.1, 0.15) is 5.65 Å². The number of pyridine rings is 1. The molecule has 0 aromatic carbocycles. The third-order valence-electron chi connectivity index (χ3n) is 4.54.